The summed E-state index contributed by atoms with van der Waals surface area (Å²) in [5.41, 5.74) is 1.72. The number of rotatable bonds is 8. The Morgan fingerprint density at radius 2 is 1.04 bits per heavy atom. The van der Waals surface area contributed by atoms with Crippen LogP contribution in [0.3, 0.4) is 0 Å². The molecule has 0 amide bonds. The zero-order chi connectivity index (χ0) is 38.6. The van der Waals surface area contributed by atoms with Gasteiger partial charge in [-0.15, -0.1) is 15.3 Å². The van der Waals surface area contributed by atoms with Crippen molar-refractivity contribution in [1.82, 2.24) is 19.6 Å². The second-order valence-electron chi connectivity index (χ2n) is 11.4. The standard InChI is InChI=1S/C20H16N4O5S.C17H14N4O3.Cr.2Na/c1-12-18(20(26)24(23-12)13-7-3-2-4-8-13)21-22-19-15-10-6-5-9-14(15)17(11-16(19)25)30(27,28)29;1-11-15(16(22)21(20-11)12-7-3-2-4-8-12)19-18-14-10-6-5-9-13(14)17(23)24;;;/h2-11,25-26H,1H3,(H,27,28,29);2-10,22H,1H3,(H,23,24);;;/q;;+3;2*+1/p-5. The van der Waals surface area contributed by atoms with Gasteiger partial charge in [0.2, 0.25) is 0 Å². The molecule has 0 aliphatic heterocycles. The number of benzene rings is 5. The van der Waals surface area contributed by atoms with Gasteiger partial charge in [0, 0.05) is 28.1 Å². The quantitative estimate of drug-likeness (QED) is 0.101. The SMILES string of the molecule is Cc1nn(-c2ccccc2)c([O-])c1N=Nc1c([O-])cc(S(=O)(=O)[O-])c2ccccc12.Cc1nn(-c2ccccc2)c([O-])c1N=Nc1ccccc1C(=O)[O-].[Cr+3].[Na+].[Na+]. The Kier molecular flexibility index (Phi) is 16.5. The number of carbonyl (C=O) groups is 1. The maximum atomic E-state index is 12.7. The molecule has 2 aromatic heterocycles. The minimum Gasteiger partial charge on any atom is -0.871 e. The van der Waals surface area contributed by atoms with E-state index >= 15 is 0 Å². The summed E-state index contributed by atoms with van der Waals surface area (Å²) in [6.07, 6.45) is 0. The molecule has 5 aromatic carbocycles. The van der Waals surface area contributed by atoms with Crippen LogP contribution in [-0.4, -0.2) is 38.5 Å². The summed E-state index contributed by atoms with van der Waals surface area (Å²) in [6.45, 7) is 3.22. The molecule has 275 valence electrons. The molecule has 2 heterocycles. The number of aromatic nitrogens is 4. The van der Waals surface area contributed by atoms with E-state index in [0.717, 1.165) is 6.07 Å². The molecule has 1 radical (unpaired) electrons. The topological polar surface area (TPSA) is 252 Å². The molecule has 7 aromatic rings. The number of carbonyl (C=O) groups excluding carboxylic acids is 1. The van der Waals surface area contributed by atoms with Crippen LogP contribution >= 0.6 is 0 Å². The number of aromatic carboxylic acids is 1. The zero-order valence-electron chi connectivity index (χ0n) is 30.6. The van der Waals surface area contributed by atoms with Crippen molar-refractivity contribution >= 4 is 49.6 Å². The van der Waals surface area contributed by atoms with Gasteiger partial charge >= 0.3 is 76.5 Å². The number of nitrogens with zero attached hydrogens (tertiary/aromatic N) is 8. The molecule has 0 saturated heterocycles. The van der Waals surface area contributed by atoms with Crippen molar-refractivity contribution in [2.24, 2.45) is 20.5 Å². The third kappa shape index (κ3) is 10.4. The zero-order valence-corrected chi connectivity index (χ0v) is 36.7. The molecule has 0 fully saturated rings. The Labute approximate surface area is 380 Å². The van der Waals surface area contributed by atoms with Gasteiger partial charge < -0.3 is 29.8 Å². The summed E-state index contributed by atoms with van der Waals surface area (Å²) < 4.78 is 37.0. The number of hydrogen-bond acceptors (Lipinski definition) is 14. The van der Waals surface area contributed by atoms with E-state index in [2.05, 4.69) is 30.7 Å². The molecule has 0 atom stereocenters. The van der Waals surface area contributed by atoms with Gasteiger partial charge in [-0.2, -0.15) is 15.3 Å². The van der Waals surface area contributed by atoms with Crippen LogP contribution in [0.5, 0.6) is 17.5 Å². The molecular formula is C37H25CrN8Na2O8S. The Morgan fingerprint density at radius 3 is 1.53 bits per heavy atom. The van der Waals surface area contributed by atoms with Crippen LogP contribution in [-0.2, 0) is 27.5 Å². The molecule has 0 bridgehead atoms. The maximum absolute atomic E-state index is 12.7. The average molecular weight is 840 g/mol. The number of carboxylic acid groups (broad SMARTS) is 1. The number of azo groups is 2. The summed E-state index contributed by atoms with van der Waals surface area (Å²) >= 11 is 0. The van der Waals surface area contributed by atoms with E-state index in [4.69, 9.17) is 0 Å². The predicted molar refractivity (Wildman–Crippen MR) is 186 cm³/mol. The van der Waals surface area contributed by atoms with E-state index in [1.807, 2.05) is 6.07 Å². The second kappa shape index (κ2) is 20.1. The smallest absolute Gasteiger partial charge is 0.871 e. The first-order valence-corrected chi connectivity index (χ1v) is 17.2. The number of carboxylic acids is 1. The number of fused-ring (bicyclic) bond motifs is 1. The van der Waals surface area contributed by atoms with Crippen molar-refractivity contribution in [1.29, 1.82) is 0 Å². The van der Waals surface area contributed by atoms with Crippen molar-refractivity contribution in [3.05, 3.63) is 132 Å². The largest absolute Gasteiger partial charge is 3.00 e. The van der Waals surface area contributed by atoms with Crippen molar-refractivity contribution in [3.63, 3.8) is 0 Å². The predicted octanol–water partition coefficient (Wildman–Crippen LogP) is -1.16. The average Bonchev–Trinajstić information content (AvgIpc) is 3.62. The Bertz CT molecular complexity index is 2700. The molecule has 0 aliphatic rings. The minimum absolute atomic E-state index is 0. The van der Waals surface area contributed by atoms with Gasteiger partial charge in [-0.1, -0.05) is 84.6 Å². The van der Waals surface area contributed by atoms with Gasteiger partial charge in [-0.3, -0.25) is 0 Å². The van der Waals surface area contributed by atoms with Gasteiger partial charge in [0.15, 0.2) is 0 Å². The van der Waals surface area contributed by atoms with Gasteiger partial charge in [0.25, 0.3) is 0 Å². The number of hydrogen-bond donors (Lipinski definition) is 0. The third-order valence-corrected chi connectivity index (χ3v) is 8.70. The van der Waals surface area contributed by atoms with Crippen molar-refractivity contribution < 1.29 is 115 Å². The molecular weight excluding hydrogens is 814 g/mol. The minimum atomic E-state index is -4.86. The van der Waals surface area contributed by atoms with E-state index in [-0.39, 0.29) is 116 Å². The summed E-state index contributed by atoms with van der Waals surface area (Å²) in [5.74, 6) is -3.10. The third-order valence-electron chi connectivity index (χ3n) is 7.82. The maximum Gasteiger partial charge on any atom is 3.00 e. The van der Waals surface area contributed by atoms with Gasteiger partial charge in [-0.05, 0) is 50.2 Å². The fourth-order valence-corrected chi connectivity index (χ4v) is 5.96. The van der Waals surface area contributed by atoms with Crippen molar-refractivity contribution in [2.45, 2.75) is 18.7 Å². The summed E-state index contributed by atoms with van der Waals surface area (Å²) in [6, 6.07) is 30.4. The second-order valence-corrected chi connectivity index (χ2v) is 12.7. The normalized spacial score (nSPS) is 11.0. The van der Waals surface area contributed by atoms with Crippen LogP contribution in [0.25, 0.3) is 22.1 Å². The molecule has 0 aliphatic carbocycles. The first kappa shape index (κ1) is 46.7. The van der Waals surface area contributed by atoms with Gasteiger partial charge in [-0.25, -0.2) is 17.8 Å². The molecule has 0 spiro atoms. The van der Waals surface area contributed by atoms with E-state index < -0.39 is 38.5 Å². The summed E-state index contributed by atoms with van der Waals surface area (Å²) in [7, 11) is -4.86. The van der Waals surface area contributed by atoms with Crippen LogP contribution in [0, 0.1) is 13.8 Å². The van der Waals surface area contributed by atoms with Crippen LogP contribution < -0.4 is 79.5 Å². The molecule has 0 saturated carbocycles. The first-order chi connectivity index (χ1) is 25.8. The monoisotopic (exact) mass is 839 g/mol. The van der Waals surface area contributed by atoms with Crippen molar-refractivity contribution in [3.8, 4) is 28.9 Å². The van der Waals surface area contributed by atoms with E-state index in [1.54, 1.807) is 86.6 Å². The van der Waals surface area contributed by atoms with Crippen LogP contribution in [0.15, 0.2) is 141 Å². The van der Waals surface area contributed by atoms with Gasteiger partial charge in [0.1, 0.15) is 21.5 Å². The molecule has 57 heavy (non-hydrogen) atoms. The van der Waals surface area contributed by atoms with Gasteiger partial charge in [0.05, 0.1) is 45.0 Å². The Balaban J connectivity index is 0.000000296. The summed E-state index contributed by atoms with van der Waals surface area (Å²) in [4.78, 5) is 10.4. The van der Waals surface area contributed by atoms with Crippen LogP contribution in [0.4, 0.5) is 22.7 Å². The summed E-state index contributed by atoms with van der Waals surface area (Å²) in [5, 5.41) is 72.8. The molecule has 0 N–H and O–H groups in total. The Hall–Kier alpha value is -4.71. The Morgan fingerprint density at radius 1 is 0.614 bits per heavy atom. The van der Waals surface area contributed by atoms with E-state index in [1.165, 1.54) is 39.7 Å². The number of para-hydroxylation sites is 2. The van der Waals surface area contributed by atoms with E-state index in [9.17, 15) is 38.2 Å². The van der Waals surface area contributed by atoms with Crippen LogP contribution in [0.1, 0.15) is 21.7 Å². The molecule has 20 heteroatoms. The fraction of sp³-hybridized carbons (Fsp3) is 0.0541. The molecule has 7 rings (SSSR count). The van der Waals surface area contributed by atoms with Crippen LogP contribution in [0.2, 0.25) is 0 Å². The molecule has 16 nitrogen and oxygen atoms in total. The number of aryl methyl sites for hydroxylation is 2. The first-order valence-electron chi connectivity index (χ1n) is 15.8. The van der Waals surface area contributed by atoms with E-state index in [0.29, 0.717) is 22.8 Å². The fourth-order valence-electron chi connectivity index (χ4n) is 5.26. The molecule has 0 unspecified atom stereocenters. The van der Waals surface area contributed by atoms with Crippen molar-refractivity contribution in [2.75, 3.05) is 0 Å².